The number of para-hydroxylation sites is 1. The van der Waals surface area contributed by atoms with Gasteiger partial charge >= 0.3 is 0 Å². The van der Waals surface area contributed by atoms with Crippen molar-refractivity contribution >= 4 is 69.6 Å². The lowest BCUT2D eigenvalue weighted by Crippen LogP contribution is -2.20. The summed E-state index contributed by atoms with van der Waals surface area (Å²) >= 11 is 18.2. The summed E-state index contributed by atoms with van der Waals surface area (Å²) in [5, 5.41) is 6.63. The van der Waals surface area contributed by atoms with Crippen LogP contribution in [0.15, 0.2) is 54.6 Å². The van der Waals surface area contributed by atoms with Gasteiger partial charge in [-0.25, -0.2) is 0 Å². The Morgan fingerprint density at radius 3 is 2.52 bits per heavy atom. The van der Waals surface area contributed by atoms with Crippen LogP contribution in [0.5, 0.6) is 11.5 Å². The van der Waals surface area contributed by atoms with Crippen LogP contribution in [-0.4, -0.2) is 25.5 Å². The highest BCUT2D eigenvalue weighted by Gasteiger charge is 2.24. The normalized spacial score (nSPS) is 13.5. The third kappa shape index (κ3) is 5.09. The van der Waals surface area contributed by atoms with Crippen LogP contribution < -0.4 is 20.1 Å². The molecule has 168 valence electrons. The molecule has 1 heterocycles. The average molecular weight is 504 g/mol. The Bertz CT molecular complexity index is 1270. The van der Waals surface area contributed by atoms with Crippen LogP contribution in [0.2, 0.25) is 15.1 Å². The van der Waals surface area contributed by atoms with E-state index in [9.17, 15) is 9.59 Å². The molecule has 2 amide bonds. The molecule has 3 aromatic carbocycles. The van der Waals surface area contributed by atoms with Gasteiger partial charge < -0.3 is 20.1 Å². The molecule has 4 rings (SSSR count). The first-order chi connectivity index (χ1) is 15.9. The Balaban J connectivity index is 1.50. The van der Waals surface area contributed by atoms with Crippen molar-refractivity contribution in [3.8, 4) is 11.5 Å². The summed E-state index contributed by atoms with van der Waals surface area (Å²) in [4.78, 5) is 24.7. The second-order valence-corrected chi connectivity index (χ2v) is 8.30. The topological polar surface area (TPSA) is 76.7 Å². The van der Waals surface area contributed by atoms with Gasteiger partial charge in [0, 0.05) is 21.8 Å². The molecule has 33 heavy (non-hydrogen) atoms. The fourth-order valence-corrected chi connectivity index (χ4v) is 3.96. The summed E-state index contributed by atoms with van der Waals surface area (Å²) < 4.78 is 11.0. The number of halogens is 3. The zero-order valence-corrected chi connectivity index (χ0v) is 19.5. The first-order valence-corrected chi connectivity index (χ1v) is 10.9. The van der Waals surface area contributed by atoms with E-state index >= 15 is 0 Å². The Morgan fingerprint density at radius 2 is 1.79 bits per heavy atom. The van der Waals surface area contributed by atoms with Crippen LogP contribution >= 0.6 is 34.8 Å². The van der Waals surface area contributed by atoms with E-state index in [4.69, 9.17) is 44.3 Å². The van der Waals surface area contributed by atoms with Crippen molar-refractivity contribution < 1.29 is 19.1 Å². The number of anilines is 2. The predicted molar refractivity (Wildman–Crippen MR) is 132 cm³/mol. The zero-order chi connectivity index (χ0) is 23.5. The van der Waals surface area contributed by atoms with Crippen molar-refractivity contribution in [1.82, 2.24) is 0 Å². The number of rotatable bonds is 6. The van der Waals surface area contributed by atoms with Crippen molar-refractivity contribution in [2.75, 3.05) is 24.4 Å². The van der Waals surface area contributed by atoms with Gasteiger partial charge in [-0.1, -0.05) is 46.9 Å². The smallest absolute Gasteiger partial charge is 0.262 e. The average Bonchev–Trinajstić information content (AvgIpc) is 3.09. The summed E-state index contributed by atoms with van der Waals surface area (Å²) in [6.07, 6.45) is 1.73. The largest absolute Gasteiger partial charge is 0.493 e. The minimum absolute atomic E-state index is 0.221. The fraction of sp³-hybridized carbons (Fsp3) is 0.0833. The molecule has 0 fully saturated rings. The van der Waals surface area contributed by atoms with E-state index in [1.54, 1.807) is 60.7 Å². The maximum absolute atomic E-state index is 12.4. The van der Waals surface area contributed by atoms with Gasteiger partial charge in [0.25, 0.3) is 11.8 Å². The molecule has 0 saturated heterocycles. The highest BCUT2D eigenvalue weighted by Crippen LogP contribution is 2.36. The molecule has 6 nitrogen and oxygen atoms in total. The van der Waals surface area contributed by atoms with Crippen molar-refractivity contribution in [3.63, 3.8) is 0 Å². The Hall–Kier alpha value is -3.19. The Kier molecular flexibility index (Phi) is 6.79. The van der Waals surface area contributed by atoms with Gasteiger partial charge in [-0.15, -0.1) is 0 Å². The lowest BCUT2D eigenvalue weighted by molar-refractivity contribution is -0.118. The van der Waals surface area contributed by atoms with Crippen LogP contribution in [-0.2, 0) is 9.59 Å². The zero-order valence-electron chi connectivity index (χ0n) is 17.2. The molecular weight excluding hydrogens is 487 g/mol. The maximum atomic E-state index is 12.4. The Morgan fingerprint density at radius 1 is 1.03 bits per heavy atom. The second-order valence-electron chi connectivity index (χ2n) is 7.05. The summed E-state index contributed by atoms with van der Waals surface area (Å²) in [5.74, 6) is 0.104. The van der Waals surface area contributed by atoms with Crippen LogP contribution in [0, 0.1) is 0 Å². The van der Waals surface area contributed by atoms with Gasteiger partial charge in [-0.2, -0.15) is 0 Å². The molecule has 0 saturated carbocycles. The molecular formula is C24H17Cl3N2O4. The van der Waals surface area contributed by atoms with E-state index in [1.165, 1.54) is 7.11 Å². The van der Waals surface area contributed by atoms with Gasteiger partial charge in [-0.3, -0.25) is 9.59 Å². The lowest BCUT2D eigenvalue weighted by Gasteiger charge is -2.13. The monoisotopic (exact) mass is 502 g/mol. The number of carbonyl (C=O) groups excluding carboxylic acids is 2. The van der Waals surface area contributed by atoms with Crippen LogP contribution in [0.25, 0.3) is 11.6 Å². The third-order valence-corrected chi connectivity index (χ3v) is 5.71. The standard InChI is InChI=1S/C24H17Cl3N2O4/c1-32-21-10-13(9-16-15-11-14(25)6-7-19(15)28-24(16)31)5-8-20(21)33-12-22(30)29-23-17(26)3-2-4-18(23)27/h2-11H,12H2,1H3,(H,28,31)(H,29,30). The molecule has 0 atom stereocenters. The van der Waals surface area contributed by atoms with E-state index in [2.05, 4.69) is 10.6 Å². The minimum Gasteiger partial charge on any atom is -0.493 e. The minimum atomic E-state index is -0.436. The molecule has 1 aliphatic rings. The molecule has 0 aliphatic carbocycles. The maximum Gasteiger partial charge on any atom is 0.262 e. The highest BCUT2D eigenvalue weighted by atomic mass is 35.5. The molecule has 0 radical (unpaired) electrons. The van der Waals surface area contributed by atoms with E-state index < -0.39 is 5.91 Å². The quantitative estimate of drug-likeness (QED) is 0.395. The number of fused-ring (bicyclic) bond motifs is 1. The Labute approximate surface area is 205 Å². The summed E-state index contributed by atoms with van der Waals surface area (Å²) in [6.45, 7) is -0.285. The van der Waals surface area contributed by atoms with Gasteiger partial charge in [0.15, 0.2) is 18.1 Å². The predicted octanol–water partition coefficient (Wildman–Crippen LogP) is 6.17. The number of benzene rings is 3. The van der Waals surface area contributed by atoms with Crippen molar-refractivity contribution in [3.05, 3.63) is 80.8 Å². The van der Waals surface area contributed by atoms with Gasteiger partial charge in [0.05, 0.1) is 22.8 Å². The summed E-state index contributed by atoms with van der Waals surface area (Å²) in [6, 6.07) is 15.3. The van der Waals surface area contributed by atoms with Gasteiger partial charge in [0.1, 0.15) is 0 Å². The van der Waals surface area contributed by atoms with Crippen molar-refractivity contribution in [2.24, 2.45) is 0 Å². The van der Waals surface area contributed by atoms with Crippen LogP contribution in [0.4, 0.5) is 11.4 Å². The molecule has 0 unspecified atom stereocenters. The molecule has 1 aliphatic heterocycles. The van der Waals surface area contributed by atoms with Gasteiger partial charge in [-0.05, 0) is 54.1 Å². The fourth-order valence-electron chi connectivity index (χ4n) is 3.30. The van der Waals surface area contributed by atoms with E-state index in [1.807, 2.05) is 0 Å². The number of carbonyl (C=O) groups is 2. The highest BCUT2D eigenvalue weighted by molar-refractivity contribution is 6.40. The third-order valence-electron chi connectivity index (χ3n) is 4.85. The summed E-state index contributed by atoms with van der Waals surface area (Å²) in [7, 11) is 1.49. The van der Waals surface area contributed by atoms with E-state index in [0.717, 1.165) is 5.56 Å². The van der Waals surface area contributed by atoms with Crippen molar-refractivity contribution in [2.45, 2.75) is 0 Å². The second kappa shape index (κ2) is 9.75. The number of methoxy groups -OCH3 is 1. The van der Waals surface area contributed by atoms with E-state index in [0.29, 0.717) is 49.1 Å². The van der Waals surface area contributed by atoms with Crippen molar-refractivity contribution in [1.29, 1.82) is 0 Å². The van der Waals surface area contributed by atoms with Gasteiger partial charge in [0.2, 0.25) is 0 Å². The molecule has 0 bridgehead atoms. The first-order valence-electron chi connectivity index (χ1n) is 9.73. The molecule has 0 spiro atoms. The first kappa shape index (κ1) is 23.0. The number of amides is 2. The number of ether oxygens (including phenoxy) is 2. The number of nitrogens with one attached hydrogen (secondary N) is 2. The lowest BCUT2D eigenvalue weighted by atomic mass is 10.0. The number of hydrogen-bond acceptors (Lipinski definition) is 4. The van der Waals surface area contributed by atoms with Crippen LogP contribution in [0.1, 0.15) is 11.1 Å². The molecule has 9 heteroatoms. The van der Waals surface area contributed by atoms with Crippen LogP contribution in [0.3, 0.4) is 0 Å². The summed E-state index contributed by atoms with van der Waals surface area (Å²) in [5.41, 5.74) is 2.94. The number of hydrogen-bond donors (Lipinski definition) is 2. The molecule has 2 N–H and O–H groups in total. The SMILES string of the molecule is COc1cc(C=C2C(=O)Nc3ccc(Cl)cc32)ccc1OCC(=O)Nc1c(Cl)cccc1Cl. The molecule has 3 aromatic rings. The molecule has 0 aromatic heterocycles. The van der Waals surface area contributed by atoms with E-state index in [-0.39, 0.29) is 12.5 Å².